The quantitative estimate of drug-likeness (QED) is 0.398. The van der Waals surface area contributed by atoms with Crippen LogP contribution in [0.1, 0.15) is 78.6 Å². The van der Waals surface area contributed by atoms with Gasteiger partial charge in [-0.25, -0.2) is 0 Å². The number of esters is 1. The second kappa shape index (κ2) is 9.59. The monoisotopic (exact) mass is 346 g/mol. The maximum absolute atomic E-state index is 12.2. The van der Waals surface area contributed by atoms with Crippen molar-refractivity contribution in [3.05, 3.63) is 24.8 Å². The highest BCUT2D eigenvalue weighted by Crippen LogP contribution is 2.44. The van der Waals surface area contributed by atoms with E-state index in [-0.39, 0.29) is 11.4 Å². The van der Waals surface area contributed by atoms with Crippen molar-refractivity contribution in [2.75, 3.05) is 6.61 Å². The van der Waals surface area contributed by atoms with Crippen LogP contribution >= 0.6 is 0 Å². The Morgan fingerprint density at radius 2 is 1.60 bits per heavy atom. The summed E-state index contributed by atoms with van der Waals surface area (Å²) in [7, 11) is 0. The first-order valence-corrected chi connectivity index (χ1v) is 10.4. The molecule has 2 saturated carbocycles. The van der Waals surface area contributed by atoms with Gasteiger partial charge in [0.15, 0.2) is 0 Å². The largest absolute Gasteiger partial charge is 0.461 e. The fraction of sp³-hybridized carbons (Fsp3) is 0.783. The molecule has 0 bridgehead atoms. The molecular formula is C23H38O2. The molecule has 25 heavy (non-hydrogen) atoms. The summed E-state index contributed by atoms with van der Waals surface area (Å²) in [5, 5.41) is 0. The molecule has 0 aromatic heterocycles. The number of hydrogen-bond acceptors (Lipinski definition) is 2. The number of carbonyl (C=O) groups is 1. The topological polar surface area (TPSA) is 26.3 Å². The lowest BCUT2D eigenvalue weighted by molar-refractivity contribution is -0.153. The third-order valence-electron chi connectivity index (χ3n) is 6.52. The van der Waals surface area contributed by atoms with Crippen molar-refractivity contribution < 1.29 is 9.53 Å². The Labute approximate surface area is 155 Å². The molecule has 0 spiro atoms. The number of rotatable bonds is 7. The Balaban J connectivity index is 1.74. The van der Waals surface area contributed by atoms with E-state index < -0.39 is 0 Å². The number of carbonyl (C=O) groups excluding carboxylic acids is 1. The van der Waals surface area contributed by atoms with Crippen molar-refractivity contribution >= 4 is 5.97 Å². The zero-order valence-electron chi connectivity index (χ0n) is 16.6. The maximum atomic E-state index is 12.2. The molecule has 2 rings (SSSR count). The smallest absolute Gasteiger partial charge is 0.311 e. The van der Waals surface area contributed by atoms with E-state index >= 15 is 0 Å². The molecule has 2 aliphatic carbocycles. The van der Waals surface area contributed by atoms with Gasteiger partial charge in [-0.05, 0) is 89.4 Å². The molecule has 2 heteroatoms. The van der Waals surface area contributed by atoms with E-state index in [0.717, 1.165) is 24.2 Å². The molecule has 0 aliphatic heterocycles. The first-order chi connectivity index (χ1) is 12.0. The fourth-order valence-electron chi connectivity index (χ4n) is 5.08. The second-order valence-electron chi connectivity index (χ2n) is 8.96. The molecule has 2 fully saturated rings. The van der Waals surface area contributed by atoms with Crippen LogP contribution in [0.15, 0.2) is 24.8 Å². The number of allylic oxidation sites excluding steroid dienone is 2. The summed E-state index contributed by atoms with van der Waals surface area (Å²) in [5.74, 6) is 3.32. The molecule has 0 aromatic carbocycles. The zero-order chi connectivity index (χ0) is 18.3. The lowest BCUT2D eigenvalue weighted by atomic mass is 9.67. The van der Waals surface area contributed by atoms with Crippen LogP contribution in [0.5, 0.6) is 0 Å². The van der Waals surface area contributed by atoms with Gasteiger partial charge in [0.2, 0.25) is 0 Å². The van der Waals surface area contributed by atoms with Gasteiger partial charge in [-0.15, -0.1) is 0 Å². The predicted octanol–water partition coefficient (Wildman–Crippen LogP) is 6.32. The van der Waals surface area contributed by atoms with Gasteiger partial charge in [-0.1, -0.05) is 37.6 Å². The minimum atomic E-state index is -0.370. The normalized spacial score (nSPS) is 31.0. The number of hydrogen-bond donors (Lipinski definition) is 0. The summed E-state index contributed by atoms with van der Waals surface area (Å²) in [5.41, 5.74) is -0.370. The molecular weight excluding hydrogens is 308 g/mol. The van der Waals surface area contributed by atoms with Gasteiger partial charge in [-0.3, -0.25) is 4.79 Å². The van der Waals surface area contributed by atoms with Crippen LogP contribution < -0.4 is 0 Å². The Hall–Kier alpha value is -1.05. The Morgan fingerprint density at radius 3 is 2.12 bits per heavy atom. The molecule has 0 N–H and O–H groups in total. The van der Waals surface area contributed by atoms with Crippen molar-refractivity contribution in [2.24, 2.45) is 29.1 Å². The Morgan fingerprint density at radius 1 is 1.04 bits per heavy atom. The summed E-state index contributed by atoms with van der Waals surface area (Å²) in [6.07, 6.45) is 18.1. The van der Waals surface area contributed by atoms with Crippen LogP contribution in [0.2, 0.25) is 0 Å². The SMILES string of the molecule is C=CCOC(=O)C(C)(C)CC1CCC(C2CCC(C=CC)CC2)CC1. The van der Waals surface area contributed by atoms with Crippen LogP contribution in [0.25, 0.3) is 0 Å². The van der Waals surface area contributed by atoms with Crippen molar-refractivity contribution in [1.29, 1.82) is 0 Å². The molecule has 2 nitrogen and oxygen atoms in total. The molecule has 0 radical (unpaired) electrons. The molecule has 142 valence electrons. The van der Waals surface area contributed by atoms with Gasteiger partial charge >= 0.3 is 5.97 Å². The van der Waals surface area contributed by atoms with E-state index in [2.05, 4.69) is 25.7 Å². The van der Waals surface area contributed by atoms with Crippen LogP contribution in [0.4, 0.5) is 0 Å². The Bertz CT molecular complexity index is 447. The highest BCUT2D eigenvalue weighted by molar-refractivity contribution is 5.75. The van der Waals surface area contributed by atoms with Gasteiger partial charge in [0.25, 0.3) is 0 Å². The van der Waals surface area contributed by atoms with E-state index in [1.807, 2.05) is 13.8 Å². The molecule has 0 heterocycles. The number of ether oxygens (including phenoxy) is 1. The van der Waals surface area contributed by atoms with Gasteiger partial charge in [0.1, 0.15) is 6.61 Å². The summed E-state index contributed by atoms with van der Waals surface area (Å²) in [6.45, 7) is 10.2. The fourth-order valence-corrected chi connectivity index (χ4v) is 5.08. The minimum Gasteiger partial charge on any atom is -0.461 e. The lowest BCUT2D eigenvalue weighted by Gasteiger charge is -2.38. The van der Waals surface area contributed by atoms with E-state index in [4.69, 9.17) is 4.74 Å². The molecule has 2 aliphatic rings. The van der Waals surface area contributed by atoms with Crippen molar-refractivity contribution in [1.82, 2.24) is 0 Å². The van der Waals surface area contributed by atoms with E-state index in [9.17, 15) is 4.79 Å². The molecule has 0 atom stereocenters. The van der Waals surface area contributed by atoms with Crippen molar-refractivity contribution in [3.8, 4) is 0 Å². The summed E-state index contributed by atoms with van der Waals surface area (Å²) < 4.78 is 5.28. The van der Waals surface area contributed by atoms with E-state index in [1.54, 1.807) is 6.08 Å². The average molecular weight is 347 g/mol. The Kier molecular flexibility index (Phi) is 7.78. The van der Waals surface area contributed by atoms with E-state index in [0.29, 0.717) is 12.5 Å². The minimum absolute atomic E-state index is 0.0724. The van der Waals surface area contributed by atoms with Crippen LogP contribution in [-0.2, 0) is 9.53 Å². The van der Waals surface area contributed by atoms with Gasteiger partial charge in [0.05, 0.1) is 5.41 Å². The molecule has 0 saturated heterocycles. The summed E-state index contributed by atoms with van der Waals surface area (Å²) in [6, 6.07) is 0. The highest BCUT2D eigenvalue weighted by atomic mass is 16.5. The van der Waals surface area contributed by atoms with Gasteiger partial charge < -0.3 is 4.74 Å². The lowest BCUT2D eigenvalue weighted by Crippen LogP contribution is -2.32. The first kappa shape index (κ1) is 20.3. The summed E-state index contributed by atoms with van der Waals surface area (Å²) in [4.78, 5) is 12.2. The molecule has 0 aromatic rings. The highest BCUT2D eigenvalue weighted by Gasteiger charge is 2.36. The zero-order valence-corrected chi connectivity index (χ0v) is 16.6. The predicted molar refractivity (Wildman–Crippen MR) is 105 cm³/mol. The average Bonchev–Trinajstić information content (AvgIpc) is 2.61. The maximum Gasteiger partial charge on any atom is 0.311 e. The third-order valence-corrected chi connectivity index (χ3v) is 6.52. The van der Waals surface area contributed by atoms with Crippen LogP contribution in [-0.4, -0.2) is 12.6 Å². The van der Waals surface area contributed by atoms with Crippen LogP contribution in [0.3, 0.4) is 0 Å². The standard InChI is InChI=1S/C23H38O2/c1-5-7-18-8-12-20(13-9-18)21-14-10-19(11-15-21)17-23(3,4)22(24)25-16-6-2/h5-7,18-21H,2,8-17H2,1,3-4H3. The van der Waals surface area contributed by atoms with Crippen molar-refractivity contribution in [3.63, 3.8) is 0 Å². The first-order valence-electron chi connectivity index (χ1n) is 10.4. The molecule has 0 amide bonds. The third kappa shape index (κ3) is 6.01. The second-order valence-corrected chi connectivity index (χ2v) is 8.96. The van der Waals surface area contributed by atoms with E-state index in [1.165, 1.54) is 51.4 Å². The van der Waals surface area contributed by atoms with Gasteiger partial charge in [0, 0.05) is 0 Å². The molecule has 0 unspecified atom stereocenters. The van der Waals surface area contributed by atoms with Crippen molar-refractivity contribution in [2.45, 2.75) is 78.6 Å². The van der Waals surface area contributed by atoms with Crippen LogP contribution in [0, 0.1) is 29.1 Å². The van der Waals surface area contributed by atoms with Gasteiger partial charge in [-0.2, -0.15) is 0 Å². The summed E-state index contributed by atoms with van der Waals surface area (Å²) >= 11 is 0.